The van der Waals surface area contributed by atoms with Crippen LogP contribution in [0.4, 0.5) is 4.79 Å². The summed E-state index contributed by atoms with van der Waals surface area (Å²) in [6.45, 7) is 3.73. The normalized spacial score (nSPS) is 17.3. The third-order valence-electron chi connectivity index (χ3n) is 3.31. The summed E-state index contributed by atoms with van der Waals surface area (Å²) in [7, 11) is 1.20. The monoisotopic (exact) mass is 369 g/mol. The molecule has 0 spiro atoms. The van der Waals surface area contributed by atoms with Crippen LogP contribution in [0.25, 0.3) is 6.08 Å². The van der Waals surface area contributed by atoms with Crippen molar-refractivity contribution in [2.45, 2.75) is 19.9 Å². The predicted molar refractivity (Wildman–Crippen MR) is 91.9 cm³/mol. The zero-order chi connectivity index (χ0) is 17.9. The summed E-state index contributed by atoms with van der Waals surface area (Å²) in [6, 6.07) is 4.03. The van der Waals surface area contributed by atoms with Crippen molar-refractivity contribution >= 4 is 46.6 Å². The number of hydrogen-bond donors (Lipinski definition) is 0. The van der Waals surface area contributed by atoms with Gasteiger partial charge in [-0.25, -0.2) is 4.79 Å². The van der Waals surface area contributed by atoms with Crippen molar-refractivity contribution in [3.8, 4) is 5.75 Å². The molecule has 0 radical (unpaired) electrons. The first-order valence-corrected chi connectivity index (χ1v) is 8.35. The van der Waals surface area contributed by atoms with Crippen LogP contribution in [0.15, 0.2) is 23.1 Å². The van der Waals surface area contributed by atoms with Crippen molar-refractivity contribution < 1.29 is 23.9 Å². The molecule has 24 heavy (non-hydrogen) atoms. The molecule has 8 heteroatoms. The highest BCUT2D eigenvalue weighted by atomic mass is 35.5. The highest BCUT2D eigenvalue weighted by Gasteiger charge is 2.41. The van der Waals surface area contributed by atoms with Gasteiger partial charge in [0.1, 0.15) is 11.8 Å². The first-order chi connectivity index (χ1) is 11.4. The Morgan fingerprint density at radius 3 is 2.75 bits per heavy atom. The standard InChI is InChI=1S/C16H16ClNO5S/c1-4-23-12-6-5-11(17)7-10(12)8-13-14(19)18(16(21)24-13)9(2)15(20)22-3/h5-9H,4H2,1-3H3/b13-8+/t9-/m0/s1. The Balaban J connectivity index is 2.35. The van der Waals surface area contributed by atoms with Crippen LogP contribution >= 0.6 is 23.4 Å². The van der Waals surface area contributed by atoms with Gasteiger partial charge in [-0.05, 0) is 49.9 Å². The van der Waals surface area contributed by atoms with Gasteiger partial charge in [0.15, 0.2) is 0 Å². The molecule has 1 aromatic rings. The Kier molecular flexibility index (Phi) is 5.90. The average Bonchev–Trinajstić information content (AvgIpc) is 2.82. The number of esters is 1. The van der Waals surface area contributed by atoms with Gasteiger partial charge >= 0.3 is 5.97 Å². The van der Waals surface area contributed by atoms with E-state index in [0.29, 0.717) is 22.9 Å². The summed E-state index contributed by atoms with van der Waals surface area (Å²) in [6.07, 6.45) is 1.53. The van der Waals surface area contributed by atoms with Crippen LogP contribution in [0.5, 0.6) is 5.75 Å². The lowest BCUT2D eigenvalue weighted by Crippen LogP contribution is -2.42. The van der Waals surface area contributed by atoms with Crippen molar-refractivity contribution in [3.63, 3.8) is 0 Å². The van der Waals surface area contributed by atoms with Gasteiger partial charge in [-0.2, -0.15) is 0 Å². The molecule has 1 atom stereocenters. The van der Waals surface area contributed by atoms with Gasteiger partial charge < -0.3 is 9.47 Å². The maximum absolute atomic E-state index is 12.5. The van der Waals surface area contributed by atoms with Gasteiger partial charge in [0.05, 0.1) is 18.6 Å². The van der Waals surface area contributed by atoms with Gasteiger partial charge in [0.25, 0.3) is 11.1 Å². The second-order valence-corrected chi connectivity index (χ2v) is 6.30. The number of thioether (sulfide) groups is 1. The highest BCUT2D eigenvalue weighted by Crippen LogP contribution is 2.36. The molecule has 6 nitrogen and oxygen atoms in total. The van der Waals surface area contributed by atoms with E-state index in [1.807, 2.05) is 6.92 Å². The number of amides is 2. The Bertz CT molecular complexity index is 718. The predicted octanol–water partition coefficient (Wildman–Crippen LogP) is 3.34. The largest absolute Gasteiger partial charge is 0.493 e. The molecule has 0 unspecified atom stereocenters. The number of carbonyl (C=O) groups is 3. The Morgan fingerprint density at radius 2 is 2.12 bits per heavy atom. The molecule has 0 saturated carbocycles. The first kappa shape index (κ1) is 18.4. The number of halogens is 1. The summed E-state index contributed by atoms with van der Waals surface area (Å²) in [5, 5.41) is -0.0454. The minimum absolute atomic E-state index is 0.193. The van der Waals surface area contributed by atoms with Crippen LogP contribution in [-0.2, 0) is 14.3 Å². The number of rotatable bonds is 5. The van der Waals surface area contributed by atoms with E-state index in [1.54, 1.807) is 18.2 Å². The van der Waals surface area contributed by atoms with E-state index in [4.69, 9.17) is 16.3 Å². The lowest BCUT2D eigenvalue weighted by atomic mass is 10.1. The molecule has 128 valence electrons. The highest BCUT2D eigenvalue weighted by molar-refractivity contribution is 8.18. The van der Waals surface area contributed by atoms with Crippen molar-refractivity contribution in [1.29, 1.82) is 0 Å². The summed E-state index contributed by atoms with van der Waals surface area (Å²) < 4.78 is 10.1. The lowest BCUT2D eigenvalue weighted by molar-refractivity contribution is -0.148. The molecule has 0 N–H and O–H groups in total. The molecule has 0 aliphatic carbocycles. The number of benzene rings is 1. The summed E-state index contributed by atoms with van der Waals surface area (Å²) >= 11 is 6.75. The SMILES string of the molecule is CCOc1ccc(Cl)cc1/C=C1/SC(=O)N([C@@H](C)C(=O)OC)C1=O. The van der Waals surface area contributed by atoms with E-state index in [9.17, 15) is 14.4 Å². The summed E-state index contributed by atoms with van der Waals surface area (Å²) in [5.74, 6) is -0.656. The molecular formula is C16H16ClNO5S. The van der Waals surface area contributed by atoms with Crippen LogP contribution in [0.1, 0.15) is 19.4 Å². The zero-order valence-electron chi connectivity index (χ0n) is 13.4. The Morgan fingerprint density at radius 1 is 1.42 bits per heavy atom. The van der Waals surface area contributed by atoms with Crippen LogP contribution in [0, 0.1) is 0 Å². The van der Waals surface area contributed by atoms with Gasteiger partial charge in [0.2, 0.25) is 0 Å². The average molecular weight is 370 g/mol. The molecule has 1 aromatic carbocycles. The van der Waals surface area contributed by atoms with Gasteiger partial charge in [-0.3, -0.25) is 14.5 Å². The third-order valence-corrected chi connectivity index (χ3v) is 4.43. The van der Waals surface area contributed by atoms with Crippen LogP contribution in [0.2, 0.25) is 5.02 Å². The van der Waals surface area contributed by atoms with Crippen LogP contribution in [0.3, 0.4) is 0 Å². The van der Waals surface area contributed by atoms with E-state index < -0.39 is 23.2 Å². The molecule has 1 heterocycles. The fourth-order valence-corrected chi connectivity index (χ4v) is 3.23. The van der Waals surface area contributed by atoms with Crippen molar-refractivity contribution in [1.82, 2.24) is 4.90 Å². The minimum atomic E-state index is -0.987. The smallest absolute Gasteiger partial charge is 0.328 e. The maximum Gasteiger partial charge on any atom is 0.328 e. The number of carbonyl (C=O) groups excluding carboxylic acids is 3. The Hall–Kier alpha value is -1.99. The lowest BCUT2D eigenvalue weighted by Gasteiger charge is -2.18. The minimum Gasteiger partial charge on any atom is -0.493 e. The maximum atomic E-state index is 12.5. The number of nitrogens with zero attached hydrogens (tertiary/aromatic N) is 1. The van der Waals surface area contributed by atoms with Crippen molar-refractivity contribution in [3.05, 3.63) is 33.7 Å². The van der Waals surface area contributed by atoms with Gasteiger partial charge in [-0.1, -0.05) is 11.6 Å². The molecule has 0 bridgehead atoms. The van der Waals surface area contributed by atoms with E-state index in [1.165, 1.54) is 20.1 Å². The number of hydrogen-bond acceptors (Lipinski definition) is 6. The molecule has 1 saturated heterocycles. The van der Waals surface area contributed by atoms with Gasteiger partial charge in [0, 0.05) is 10.6 Å². The summed E-state index contributed by atoms with van der Waals surface area (Å²) in [4.78, 5) is 37.2. The van der Waals surface area contributed by atoms with E-state index in [2.05, 4.69) is 4.74 Å². The van der Waals surface area contributed by atoms with Gasteiger partial charge in [-0.15, -0.1) is 0 Å². The van der Waals surface area contributed by atoms with Crippen molar-refractivity contribution in [2.75, 3.05) is 13.7 Å². The van der Waals surface area contributed by atoms with Crippen LogP contribution in [-0.4, -0.2) is 41.8 Å². The number of methoxy groups -OCH3 is 1. The second kappa shape index (κ2) is 7.72. The molecular weight excluding hydrogens is 354 g/mol. The molecule has 1 aliphatic heterocycles. The molecule has 0 aromatic heterocycles. The molecule has 1 aliphatic rings. The van der Waals surface area contributed by atoms with E-state index >= 15 is 0 Å². The quantitative estimate of drug-likeness (QED) is 0.585. The fourth-order valence-electron chi connectivity index (χ4n) is 2.15. The number of imide groups is 1. The molecule has 2 amide bonds. The third kappa shape index (κ3) is 3.73. The topological polar surface area (TPSA) is 72.9 Å². The molecule has 1 fully saturated rings. The van der Waals surface area contributed by atoms with Crippen molar-refractivity contribution in [2.24, 2.45) is 0 Å². The van der Waals surface area contributed by atoms with Crippen LogP contribution < -0.4 is 4.74 Å². The Labute approximate surface area is 148 Å². The van der Waals surface area contributed by atoms with E-state index in [-0.39, 0.29) is 4.91 Å². The zero-order valence-corrected chi connectivity index (χ0v) is 14.9. The first-order valence-electron chi connectivity index (χ1n) is 7.16. The molecule has 2 rings (SSSR count). The van der Waals surface area contributed by atoms with E-state index in [0.717, 1.165) is 16.7 Å². The second-order valence-electron chi connectivity index (χ2n) is 4.87. The fraction of sp³-hybridized carbons (Fsp3) is 0.312. The summed E-state index contributed by atoms with van der Waals surface area (Å²) in [5.41, 5.74) is 0.584. The number of ether oxygens (including phenoxy) is 2.